The maximum Gasteiger partial charge on any atom is 0.326 e. The monoisotopic (exact) mass is 454 g/mol. The SMILES string of the molecule is O=C(O)[C@@H]1[C@@H]2CC[C@@H](CC2NCc2ccccc2)N1C(=O)C(c1ccccc1)c1ccccc1. The fraction of sp³-hybridized carbons (Fsp3) is 0.310. The number of hydrogen-bond donors (Lipinski definition) is 2. The van der Waals surface area contributed by atoms with Crippen LogP contribution in [0.15, 0.2) is 91.0 Å². The lowest BCUT2D eigenvalue weighted by Crippen LogP contribution is -2.67. The molecule has 0 aromatic heterocycles. The first-order valence-electron chi connectivity index (χ1n) is 12.1. The van der Waals surface area contributed by atoms with Crippen molar-refractivity contribution in [2.24, 2.45) is 5.92 Å². The Balaban J connectivity index is 1.43. The van der Waals surface area contributed by atoms with Crippen molar-refractivity contribution in [3.63, 3.8) is 0 Å². The van der Waals surface area contributed by atoms with Gasteiger partial charge in [-0.25, -0.2) is 4.79 Å². The number of fused-ring (bicyclic) bond motifs is 3. The van der Waals surface area contributed by atoms with Crippen LogP contribution in [0.4, 0.5) is 0 Å². The summed E-state index contributed by atoms with van der Waals surface area (Å²) in [6, 6.07) is 28.7. The van der Waals surface area contributed by atoms with Crippen LogP contribution in [0, 0.1) is 5.92 Å². The van der Waals surface area contributed by atoms with E-state index in [2.05, 4.69) is 17.4 Å². The van der Waals surface area contributed by atoms with Crippen LogP contribution in [-0.2, 0) is 16.1 Å². The molecule has 1 unspecified atom stereocenters. The van der Waals surface area contributed by atoms with Crippen LogP contribution < -0.4 is 5.32 Å². The summed E-state index contributed by atoms with van der Waals surface area (Å²) < 4.78 is 0. The number of carbonyl (C=O) groups excluding carboxylic acids is 1. The third kappa shape index (κ3) is 4.36. The van der Waals surface area contributed by atoms with Crippen molar-refractivity contribution in [2.75, 3.05) is 0 Å². The molecular formula is C29H30N2O3. The molecule has 1 aliphatic carbocycles. The first-order valence-corrected chi connectivity index (χ1v) is 12.1. The van der Waals surface area contributed by atoms with Gasteiger partial charge in [-0.05, 0) is 36.0 Å². The molecule has 2 heterocycles. The Hall–Kier alpha value is -3.44. The highest BCUT2D eigenvalue weighted by atomic mass is 16.4. The van der Waals surface area contributed by atoms with Gasteiger partial charge in [0.25, 0.3) is 0 Å². The maximum absolute atomic E-state index is 14.1. The third-order valence-corrected chi connectivity index (χ3v) is 7.41. The van der Waals surface area contributed by atoms with E-state index in [4.69, 9.17) is 0 Å². The molecule has 0 radical (unpaired) electrons. The Labute approximate surface area is 200 Å². The van der Waals surface area contributed by atoms with Gasteiger partial charge in [-0.3, -0.25) is 4.79 Å². The van der Waals surface area contributed by atoms with Gasteiger partial charge in [0.1, 0.15) is 6.04 Å². The van der Waals surface area contributed by atoms with Crippen molar-refractivity contribution in [1.29, 1.82) is 0 Å². The van der Waals surface area contributed by atoms with Gasteiger partial charge in [-0.1, -0.05) is 91.0 Å². The Morgan fingerprint density at radius 1 is 0.853 bits per heavy atom. The number of rotatable bonds is 7. The van der Waals surface area contributed by atoms with Crippen LogP contribution in [0.2, 0.25) is 0 Å². The summed E-state index contributed by atoms with van der Waals surface area (Å²) in [6.45, 7) is 0.700. The second-order valence-electron chi connectivity index (χ2n) is 9.39. The fourth-order valence-corrected chi connectivity index (χ4v) is 5.85. The minimum atomic E-state index is -0.908. The van der Waals surface area contributed by atoms with Gasteiger partial charge < -0.3 is 15.3 Å². The molecule has 1 saturated carbocycles. The molecule has 3 fully saturated rings. The Morgan fingerprint density at radius 3 is 1.97 bits per heavy atom. The summed E-state index contributed by atoms with van der Waals surface area (Å²) >= 11 is 0. The number of carboxylic acid groups (broad SMARTS) is 1. The average molecular weight is 455 g/mol. The van der Waals surface area contributed by atoms with Gasteiger partial charge in [-0.15, -0.1) is 0 Å². The lowest BCUT2D eigenvalue weighted by atomic mass is 9.70. The maximum atomic E-state index is 14.1. The minimum absolute atomic E-state index is 0.0796. The summed E-state index contributed by atoms with van der Waals surface area (Å²) in [6.07, 6.45) is 2.45. The average Bonchev–Trinajstić information content (AvgIpc) is 2.89. The minimum Gasteiger partial charge on any atom is -0.480 e. The van der Waals surface area contributed by atoms with E-state index in [1.54, 1.807) is 4.90 Å². The molecule has 3 aromatic rings. The van der Waals surface area contributed by atoms with Crippen molar-refractivity contribution in [3.05, 3.63) is 108 Å². The molecule has 2 bridgehead atoms. The number of amides is 1. The summed E-state index contributed by atoms with van der Waals surface area (Å²) in [5.41, 5.74) is 2.96. The van der Waals surface area contributed by atoms with Gasteiger partial charge >= 0.3 is 5.97 Å². The lowest BCUT2D eigenvalue weighted by molar-refractivity contribution is -0.165. The van der Waals surface area contributed by atoms with E-state index >= 15 is 0 Å². The molecule has 174 valence electrons. The Kier molecular flexibility index (Phi) is 6.45. The van der Waals surface area contributed by atoms with E-state index in [1.807, 2.05) is 78.9 Å². The summed E-state index contributed by atoms with van der Waals surface area (Å²) in [5, 5.41) is 13.9. The molecule has 6 rings (SSSR count). The van der Waals surface area contributed by atoms with Crippen LogP contribution in [0.5, 0.6) is 0 Å². The molecule has 3 aliphatic rings. The smallest absolute Gasteiger partial charge is 0.326 e. The predicted molar refractivity (Wildman–Crippen MR) is 131 cm³/mol. The zero-order chi connectivity index (χ0) is 23.5. The van der Waals surface area contributed by atoms with Crippen LogP contribution in [0.1, 0.15) is 41.9 Å². The first kappa shape index (κ1) is 22.4. The molecule has 0 spiro atoms. The van der Waals surface area contributed by atoms with Crippen molar-refractivity contribution >= 4 is 11.9 Å². The topological polar surface area (TPSA) is 69.6 Å². The summed E-state index contributed by atoms with van der Waals surface area (Å²) in [5.74, 6) is -1.64. The van der Waals surface area contributed by atoms with Gasteiger partial charge in [-0.2, -0.15) is 0 Å². The molecule has 2 saturated heterocycles. The normalized spacial score (nSPS) is 23.7. The Morgan fingerprint density at radius 2 is 1.41 bits per heavy atom. The molecule has 1 amide bonds. The van der Waals surface area contributed by atoms with E-state index in [1.165, 1.54) is 5.56 Å². The van der Waals surface area contributed by atoms with Gasteiger partial charge in [0.15, 0.2) is 0 Å². The van der Waals surface area contributed by atoms with E-state index < -0.39 is 17.9 Å². The summed E-state index contributed by atoms with van der Waals surface area (Å²) in [4.78, 5) is 28.4. The number of benzene rings is 3. The molecule has 3 aromatic carbocycles. The number of hydrogen-bond acceptors (Lipinski definition) is 3. The number of carboxylic acids is 1. The Bertz CT molecular complexity index is 1080. The molecule has 2 N–H and O–H groups in total. The van der Waals surface area contributed by atoms with Crippen molar-refractivity contribution in [1.82, 2.24) is 10.2 Å². The highest BCUT2D eigenvalue weighted by Gasteiger charge is 2.53. The highest BCUT2D eigenvalue weighted by Crippen LogP contribution is 2.42. The number of nitrogens with zero attached hydrogens (tertiary/aromatic N) is 1. The van der Waals surface area contributed by atoms with Crippen LogP contribution in [0.3, 0.4) is 0 Å². The molecule has 2 aliphatic heterocycles. The molecule has 5 nitrogen and oxygen atoms in total. The first-order chi connectivity index (χ1) is 16.6. The largest absolute Gasteiger partial charge is 0.480 e. The fourth-order valence-electron chi connectivity index (χ4n) is 5.85. The quantitative estimate of drug-likeness (QED) is 0.554. The number of nitrogens with one attached hydrogen (secondary N) is 1. The number of aliphatic carboxylic acids is 1. The van der Waals surface area contributed by atoms with Crippen molar-refractivity contribution in [3.8, 4) is 0 Å². The number of carbonyl (C=O) groups is 2. The standard InChI is InChI=1S/C29H30N2O3/c32-28(26(21-12-6-2-7-13-21)22-14-8-3-9-15-22)31-23-16-17-24(27(31)29(33)34)25(18-23)30-19-20-10-4-1-5-11-20/h1-15,23-27,30H,16-19H2,(H,33,34)/t23-,24+,25?,27-/m0/s1. The molecular weight excluding hydrogens is 424 g/mol. The van der Waals surface area contributed by atoms with E-state index in [0.29, 0.717) is 6.54 Å². The van der Waals surface area contributed by atoms with E-state index in [9.17, 15) is 14.7 Å². The van der Waals surface area contributed by atoms with Crippen LogP contribution in [-0.4, -0.2) is 40.0 Å². The summed E-state index contributed by atoms with van der Waals surface area (Å²) in [7, 11) is 0. The highest BCUT2D eigenvalue weighted by molar-refractivity contribution is 5.91. The van der Waals surface area contributed by atoms with Crippen LogP contribution in [0.25, 0.3) is 0 Å². The zero-order valence-electron chi connectivity index (χ0n) is 19.1. The van der Waals surface area contributed by atoms with Crippen molar-refractivity contribution < 1.29 is 14.7 Å². The van der Waals surface area contributed by atoms with Crippen LogP contribution >= 0.6 is 0 Å². The van der Waals surface area contributed by atoms with Gasteiger partial charge in [0.2, 0.25) is 5.91 Å². The van der Waals surface area contributed by atoms with Gasteiger partial charge in [0, 0.05) is 24.5 Å². The second-order valence-corrected chi connectivity index (χ2v) is 9.39. The van der Waals surface area contributed by atoms with E-state index in [0.717, 1.165) is 30.4 Å². The molecule has 5 heteroatoms. The lowest BCUT2D eigenvalue weighted by Gasteiger charge is -2.54. The molecule has 34 heavy (non-hydrogen) atoms. The third-order valence-electron chi connectivity index (χ3n) is 7.41. The van der Waals surface area contributed by atoms with Crippen molar-refractivity contribution in [2.45, 2.75) is 49.9 Å². The predicted octanol–water partition coefficient (Wildman–Crippen LogP) is 4.44. The van der Waals surface area contributed by atoms with E-state index in [-0.39, 0.29) is 23.9 Å². The molecule has 4 atom stereocenters. The number of piperidine rings is 2. The zero-order valence-corrected chi connectivity index (χ0v) is 19.1. The second kappa shape index (κ2) is 9.82. The van der Waals surface area contributed by atoms with Gasteiger partial charge in [0.05, 0.1) is 5.92 Å².